The summed E-state index contributed by atoms with van der Waals surface area (Å²) in [7, 11) is 0. The van der Waals surface area contributed by atoms with E-state index < -0.39 is 22.7 Å². The fraction of sp³-hybridized carbons (Fsp3) is 0.731. The number of ether oxygens (including phenoxy) is 1. The van der Waals surface area contributed by atoms with Gasteiger partial charge in [0.15, 0.2) is 0 Å². The van der Waals surface area contributed by atoms with Gasteiger partial charge < -0.3 is 14.3 Å². The first-order valence-electron chi connectivity index (χ1n) is 12.0. The molecular weight excluding hydrogens is 392 g/mol. The van der Waals surface area contributed by atoms with Crippen molar-refractivity contribution in [1.82, 2.24) is 0 Å². The van der Waals surface area contributed by atoms with Gasteiger partial charge in [0, 0.05) is 30.7 Å². The number of carbonyl (C=O) groups excluding carboxylic acids is 1. The third-order valence-corrected chi connectivity index (χ3v) is 9.98. The van der Waals surface area contributed by atoms with Gasteiger partial charge in [0.1, 0.15) is 6.10 Å². The van der Waals surface area contributed by atoms with E-state index in [9.17, 15) is 14.7 Å². The summed E-state index contributed by atoms with van der Waals surface area (Å²) >= 11 is 0. The van der Waals surface area contributed by atoms with Crippen molar-refractivity contribution in [2.75, 3.05) is 0 Å². The zero-order valence-electron chi connectivity index (χ0n) is 18.9. The Morgan fingerprint density at radius 3 is 2.68 bits per heavy atom. The second-order valence-electron chi connectivity index (χ2n) is 11.2. The first-order chi connectivity index (χ1) is 14.7. The van der Waals surface area contributed by atoms with Crippen molar-refractivity contribution < 1.29 is 19.1 Å². The molecule has 8 atom stereocenters. The van der Waals surface area contributed by atoms with Crippen LogP contribution in [0.2, 0.25) is 0 Å². The third-order valence-electron chi connectivity index (χ3n) is 9.98. The number of hydrogen-bond acceptors (Lipinski definition) is 5. The molecule has 0 aromatic carbocycles. The van der Waals surface area contributed by atoms with Crippen LogP contribution >= 0.6 is 0 Å². The Morgan fingerprint density at radius 1 is 1.16 bits per heavy atom. The Hall–Kier alpha value is -1.62. The van der Waals surface area contributed by atoms with Crippen molar-refractivity contribution in [2.24, 2.45) is 28.6 Å². The summed E-state index contributed by atoms with van der Waals surface area (Å²) in [6.07, 6.45) is 11.8. The first-order valence-corrected chi connectivity index (χ1v) is 12.0. The fourth-order valence-corrected chi connectivity index (χ4v) is 8.48. The summed E-state index contributed by atoms with van der Waals surface area (Å²) in [5, 5.41) is 12.4. The average Bonchev–Trinajstić information content (AvgIpc) is 2.94. The summed E-state index contributed by atoms with van der Waals surface area (Å²) in [6, 6.07) is 3.21. The topological polar surface area (TPSA) is 76.7 Å². The van der Waals surface area contributed by atoms with Crippen LogP contribution in [-0.4, -0.2) is 22.8 Å². The molecule has 169 valence electrons. The maximum Gasteiger partial charge on any atom is 0.335 e. The van der Waals surface area contributed by atoms with Gasteiger partial charge in [0.25, 0.3) is 0 Å². The van der Waals surface area contributed by atoms with Gasteiger partial charge in [0.05, 0.1) is 11.9 Å². The molecule has 5 heteroatoms. The van der Waals surface area contributed by atoms with Crippen LogP contribution in [-0.2, 0) is 9.53 Å². The molecule has 0 saturated heterocycles. The Kier molecular flexibility index (Phi) is 4.93. The molecule has 1 radical (unpaired) electrons. The summed E-state index contributed by atoms with van der Waals surface area (Å²) in [5.74, 6) is 0.929. The van der Waals surface area contributed by atoms with Crippen LogP contribution in [0, 0.1) is 35.0 Å². The highest BCUT2D eigenvalue weighted by Crippen LogP contribution is 2.70. The summed E-state index contributed by atoms with van der Waals surface area (Å²) in [6.45, 7) is 6.07. The fourth-order valence-electron chi connectivity index (χ4n) is 8.48. The highest BCUT2D eigenvalue weighted by molar-refractivity contribution is 5.66. The van der Waals surface area contributed by atoms with E-state index in [1.807, 2.05) is 0 Å². The molecule has 0 unspecified atom stereocenters. The van der Waals surface area contributed by atoms with E-state index in [2.05, 4.69) is 20.3 Å². The van der Waals surface area contributed by atoms with E-state index in [1.54, 1.807) is 6.07 Å². The van der Waals surface area contributed by atoms with Crippen LogP contribution < -0.4 is 5.63 Å². The maximum atomic E-state index is 12.4. The summed E-state index contributed by atoms with van der Waals surface area (Å²) in [4.78, 5) is 23.6. The molecule has 0 aliphatic heterocycles. The Bertz CT molecular complexity index is 902. The Balaban J connectivity index is 1.56. The molecular formula is C26H35O5. The smallest absolute Gasteiger partial charge is 0.335 e. The van der Waals surface area contributed by atoms with Crippen molar-refractivity contribution >= 4 is 5.97 Å². The van der Waals surface area contributed by atoms with Crippen molar-refractivity contribution in [1.29, 1.82) is 0 Å². The van der Waals surface area contributed by atoms with Crippen LogP contribution in [0.3, 0.4) is 0 Å². The monoisotopic (exact) mass is 427 g/mol. The molecule has 4 aliphatic carbocycles. The van der Waals surface area contributed by atoms with Crippen LogP contribution in [0.25, 0.3) is 0 Å². The van der Waals surface area contributed by atoms with Crippen LogP contribution in [0.5, 0.6) is 0 Å². The van der Waals surface area contributed by atoms with E-state index in [1.165, 1.54) is 38.5 Å². The summed E-state index contributed by atoms with van der Waals surface area (Å²) < 4.78 is 11.0. The molecule has 31 heavy (non-hydrogen) atoms. The standard InChI is InChI=1S/C26H35O5/c1-16(27)31-21-14-26(29)20-9-8-18-6-4-5-12-24(18,2)19(20)11-13-25(26,3)23(21)17-7-10-22(28)30-15-17/h4,7,10,15,18-21,23,29H,5-6,8-9,11-14H2,1-3H3/t18-,19+,20-,21+,23+,24+,25-,26+/m1/s1. The highest BCUT2D eigenvalue weighted by Gasteiger charge is 2.70. The quantitative estimate of drug-likeness (QED) is 0.697. The van der Waals surface area contributed by atoms with Crippen molar-refractivity contribution in [3.63, 3.8) is 0 Å². The Labute approximate surface area is 184 Å². The number of fused-ring (bicyclic) bond motifs is 5. The second kappa shape index (κ2) is 7.19. The number of rotatable bonds is 2. The molecule has 1 aromatic rings. The molecule has 0 spiro atoms. The van der Waals surface area contributed by atoms with Crippen molar-refractivity contribution in [3.8, 4) is 0 Å². The Morgan fingerprint density at radius 2 is 1.97 bits per heavy atom. The maximum absolute atomic E-state index is 12.4. The van der Waals surface area contributed by atoms with E-state index in [-0.39, 0.29) is 23.2 Å². The lowest BCUT2D eigenvalue weighted by molar-refractivity contribution is -0.199. The lowest BCUT2D eigenvalue weighted by Crippen LogP contribution is -2.61. The van der Waals surface area contributed by atoms with E-state index >= 15 is 0 Å². The van der Waals surface area contributed by atoms with E-state index in [0.29, 0.717) is 12.3 Å². The third kappa shape index (κ3) is 2.98. The van der Waals surface area contributed by atoms with Gasteiger partial charge in [0.2, 0.25) is 0 Å². The highest BCUT2D eigenvalue weighted by atomic mass is 16.5. The van der Waals surface area contributed by atoms with Gasteiger partial charge in [-0.05, 0) is 86.2 Å². The molecule has 1 heterocycles. The lowest BCUT2D eigenvalue weighted by atomic mass is 9.43. The largest absolute Gasteiger partial charge is 0.462 e. The zero-order valence-corrected chi connectivity index (χ0v) is 18.9. The molecule has 5 nitrogen and oxygen atoms in total. The predicted molar refractivity (Wildman–Crippen MR) is 116 cm³/mol. The van der Waals surface area contributed by atoms with Gasteiger partial charge >= 0.3 is 11.6 Å². The second-order valence-corrected chi connectivity index (χ2v) is 11.2. The normalized spacial score (nSPS) is 46.5. The van der Waals surface area contributed by atoms with Crippen LogP contribution in [0.4, 0.5) is 0 Å². The van der Waals surface area contributed by atoms with Crippen LogP contribution in [0.15, 0.2) is 27.6 Å². The van der Waals surface area contributed by atoms with Crippen molar-refractivity contribution in [2.45, 2.75) is 89.8 Å². The lowest BCUT2D eigenvalue weighted by Gasteiger charge is -2.63. The van der Waals surface area contributed by atoms with Gasteiger partial charge in [-0.25, -0.2) is 4.79 Å². The molecule has 4 saturated carbocycles. The number of hydrogen-bond donors (Lipinski definition) is 1. The minimum Gasteiger partial charge on any atom is -0.462 e. The van der Waals surface area contributed by atoms with Crippen LogP contribution in [0.1, 0.15) is 83.6 Å². The van der Waals surface area contributed by atoms with E-state index in [0.717, 1.165) is 37.2 Å². The molecule has 5 rings (SSSR count). The van der Waals surface area contributed by atoms with E-state index in [4.69, 9.17) is 9.15 Å². The number of esters is 1. The predicted octanol–water partition coefficient (Wildman–Crippen LogP) is 4.63. The van der Waals surface area contributed by atoms with Gasteiger partial charge in [-0.15, -0.1) is 0 Å². The summed E-state index contributed by atoms with van der Waals surface area (Å²) in [5.41, 5.74) is -0.599. The number of aliphatic hydroxyl groups is 1. The van der Waals surface area contributed by atoms with Gasteiger partial charge in [-0.1, -0.05) is 13.8 Å². The van der Waals surface area contributed by atoms with Crippen molar-refractivity contribution in [3.05, 3.63) is 40.8 Å². The SMILES string of the molecule is CC(=O)O[C@H]1C[C@]2(O)[C@@H]3CC[C@H]4C[CH]CC[C@]4(C)[C@H]3CC[C@]2(C)[C@H]1c1ccc(=O)oc1. The molecule has 4 fully saturated rings. The molecule has 0 bridgehead atoms. The molecule has 4 aliphatic rings. The van der Waals surface area contributed by atoms with Gasteiger partial charge in [-0.2, -0.15) is 0 Å². The average molecular weight is 428 g/mol. The first kappa shape index (κ1) is 21.2. The van der Waals surface area contributed by atoms with Gasteiger partial charge in [-0.3, -0.25) is 4.79 Å². The molecule has 1 aromatic heterocycles. The zero-order chi connectivity index (χ0) is 22.0. The minimum absolute atomic E-state index is 0.183. The number of carbonyl (C=O) groups is 1. The molecule has 1 N–H and O–H groups in total. The minimum atomic E-state index is -0.897. The molecule has 0 amide bonds.